The molecule has 582 valence electrons. The Kier molecular flexibility index (Phi) is 66.8. The van der Waals surface area contributed by atoms with E-state index in [-0.39, 0.29) is 25.7 Å². The number of aliphatic hydroxyl groups excluding tert-OH is 1. The van der Waals surface area contributed by atoms with Gasteiger partial charge >= 0.3 is 39.5 Å². The highest BCUT2D eigenvalue weighted by atomic mass is 31.2. The van der Waals surface area contributed by atoms with Gasteiger partial charge in [-0.1, -0.05) is 351 Å². The SMILES string of the molecule is CCC(C)CCCCCCCCCCCCCCCCCCCCC(=O)OC[C@H](COP(=O)(O)OC[C@@H](O)COP(=O)(O)OC[C@@H](COC(=O)CCCCCCCCC(C)CC)OC(=O)CCCCCCCCCCCC(C)C)OC(=O)CCCCCCCCCCCCC(C)CC. The van der Waals surface area contributed by atoms with Crippen molar-refractivity contribution in [3.8, 4) is 0 Å². The molecule has 0 aliphatic carbocycles. The molecule has 19 heteroatoms. The van der Waals surface area contributed by atoms with Crippen molar-refractivity contribution < 1.29 is 80.2 Å². The van der Waals surface area contributed by atoms with Crippen molar-refractivity contribution in [3.05, 3.63) is 0 Å². The van der Waals surface area contributed by atoms with E-state index in [1.165, 1.54) is 199 Å². The maximum atomic E-state index is 13.1. The predicted molar refractivity (Wildman–Crippen MR) is 400 cm³/mol. The quantitative estimate of drug-likeness (QED) is 0.0222. The minimum Gasteiger partial charge on any atom is -0.462 e. The van der Waals surface area contributed by atoms with E-state index in [0.29, 0.717) is 25.7 Å². The number of hydrogen-bond acceptors (Lipinski definition) is 15. The van der Waals surface area contributed by atoms with Gasteiger partial charge in [0, 0.05) is 25.7 Å². The number of aliphatic hydroxyl groups is 1. The first-order valence-corrected chi connectivity index (χ1v) is 43.8. The fourth-order valence-electron chi connectivity index (χ4n) is 12.0. The first-order valence-electron chi connectivity index (χ1n) is 40.8. The van der Waals surface area contributed by atoms with E-state index in [2.05, 4.69) is 55.4 Å². The highest BCUT2D eigenvalue weighted by molar-refractivity contribution is 7.47. The van der Waals surface area contributed by atoms with Crippen molar-refractivity contribution in [1.82, 2.24) is 0 Å². The van der Waals surface area contributed by atoms with Gasteiger partial charge in [-0.2, -0.15) is 0 Å². The summed E-state index contributed by atoms with van der Waals surface area (Å²) in [6, 6.07) is 0. The topological polar surface area (TPSA) is 237 Å². The summed E-state index contributed by atoms with van der Waals surface area (Å²) in [5.74, 6) is 1.02. The molecule has 0 fully saturated rings. The van der Waals surface area contributed by atoms with Crippen molar-refractivity contribution in [2.75, 3.05) is 39.6 Å². The second-order valence-corrected chi connectivity index (χ2v) is 32.6. The second-order valence-electron chi connectivity index (χ2n) is 29.7. The summed E-state index contributed by atoms with van der Waals surface area (Å²) in [7, 11) is -9.92. The van der Waals surface area contributed by atoms with Crippen molar-refractivity contribution in [2.45, 2.75) is 420 Å². The summed E-state index contributed by atoms with van der Waals surface area (Å²) in [5.41, 5.74) is 0. The van der Waals surface area contributed by atoms with Crippen LogP contribution in [0.5, 0.6) is 0 Å². The molecule has 8 atom stereocenters. The Morgan fingerprint density at radius 2 is 0.490 bits per heavy atom. The molecular weight excluding hydrogens is 1280 g/mol. The second kappa shape index (κ2) is 68.2. The lowest BCUT2D eigenvalue weighted by Crippen LogP contribution is -2.30. The summed E-state index contributed by atoms with van der Waals surface area (Å²) in [6.07, 6.45) is 54.2. The van der Waals surface area contributed by atoms with E-state index in [1.807, 2.05) is 0 Å². The molecule has 98 heavy (non-hydrogen) atoms. The zero-order valence-corrected chi connectivity index (χ0v) is 66.2. The fourth-order valence-corrected chi connectivity index (χ4v) is 13.6. The van der Waals surface area contributed by atoms with Crippen LogP contribution in [0.4, 0.5) is 0 Å². The number of rotatable bonds is 76. The van der Waals surface area contributed by atoms with Gasteiger partial charge in [-0.15, -0.1) is 0 Å². The van der Waals surface area contributed by atoms with Crippen molar-refractivity contribution in [2.24, 2.45) is 23.7 Å². The number of carbonyl (C=O) groups is 4. The lowest BCUT2D eigenvalue weighted by molar-refractivity contribution is -0.161. The molecule has 0 amide bonds. The number of esters is 4. The molecule has 0 aromatic heterocycles. The van der Waals surface area contributed by atoms with E-state index in [4.69, 9.17) is 37.0 Å². The van der Waals surface area contributed by atoms with Crippen LogP contribution in [-0.2, 0) is 65.4 Å². The third-order valence-corrected chi connectivity index (χ3v) is 21.3. The molecule has 0 aliphatic rings. The Morgan fingerprint density at radius 1 is 0.286 bits per heavy atom. The smallest absolute Gasteiger partial charge is 0.462 e. The minimum absolute atomic E-state index is 0.104. The first kappa shape index (κ1) is 96.1. The Hall–Kier alpha value is -1.94. The Labute approximate surface area is 600 Å². The standard InChI is InChI=1S/C79H154O17P2/c1-9-70(6)56-48-40-32-26-20-18-16-14-12-13-15-17-19-21-28-34-43-51-59-76(81)89-65-74(95-78(83)61-53-45-35-29-23-22-27-33-41-49-57-71(7)10-2)67-93-97(85,86)91-63-73(80)64-92-98(87,88)94-68-75(66-90-77(82)60-52-44-38-37-42-50-58-72(8)11-3)96-79(84)62-54-46-36-30-24-25-31-39-47-55-69(4)5/h69-75,80H,9-68H2,1-8H3,(H,85,86)(H,87,88)/t70?,71?,72?,73-,74-,75-/m1/s1. The van der Waals surface area contributed by atoms with E-state index in [0.717, 1.165) is 120 Å². The maximum Gasteiger partial charge on any atom is 0.472 e. The number of ether oxygens (including phenoxy) is 4. The summed E-state index contributed by atoms with van der Waals surface area (Å²) in [6.45, 7) is 14.2. The highest BCUT2D eigenvalue weighted by Gasteiger charge is 2.30. The van der Waals surface area contributed by atoms with Crippen molar-refractivity contribution >= 4 is 39.5 Å². The third kappa shape index (κ3) is 68.5. The molecule has 5 unspecified atom stereocenters. The predicted octanol–water partition coefficient (Wildman–Crippen LogP) is 23.2. The summed E-state index contributed by atoms with van der Waals surface area (Å²) in [5, 5.41) is 10.6. The fraction of sp³-hybridized carbons (Fsp3) is 0.949. The van der Waals surface area contributed by atoms with Crippen LogP contribution >= 0.6 is 15.6 Å². The van der Waals surface area contributed by atoms with Gasteiger partial charge in [0.25, 0.3) is 0 Å². The van der Waals surface area contributed by atoms with Gasteiger partial charge in [-0.05, 0) is 49.4 Å². The summed E-state index contributed by atoms with van der Waals surface area (Å²) in [4.78, 5) is 72.9. The van der Waals surface area contributed by atoms with Gasteiger partial charge in [0.1, 0.15) is 19.3 Å². The molecule has 0 aromatic rings. The largest absolute Gasteiger partial charge is 0.472 e. The van der Waals surface area contributed by atoms with Crippen LogP contribution < -0.4 is 0 Å². The van der Waals surface area contributed by atoms with Crippen LogP contribution in [0.2, 0.25) is 0 Å². The average molecular weight is 1440 g/mol. The number of carbonyl (C=O) groups excluding carboxylic acids is 4. The van der Waals surface area contributed by atoms with E-state index in [9.17, 15) is 43.2 Å². The number of phosphoric acid groups is 2. The molecule has 0 spiro atoms. The van der Waals surface area contributed by atoms with Gasteiger partial charge in [0.15, 0.2) is 12.2 Å². The van der Waals surface area contributed by atoms with Gasteiger partial charge < -0.3 is 33.8 Å². The lowest BCUT2D eigenvalue weighted by atomic mass is 9.99. The highest BCUT2D eigenvalue weighted by Crippen LogP contribution is 2.45. The molecule has 0 aliphatic heterocycles. The maximum absolute atomic E-state index is 13.1. The summed E-state index contributed by atoms with van der Waals surface area (Å²) < 4.78 is 68.6. The Bertz CT molecular complexity index is 1930. The molecule has 0 rings (SSSR count). The van der Waals surface area contributed by atoms with Crippen LogP contribution in [0.1, 0.15) is 402 Å². The molecule has 0 saturated carbocycles. The van der Waals surface area contributed by atoms with E-state index in [1.54, 1.807) is 0 Å². The van der Waals surface area contributed by atoms with Crippen molar-refractivity contribution in [1.29, 1.82) is 0 Å². The first-order chi connectivity index (χ1) is 47.2. The van der Waals surface area contributed by atoms with Gasteiger partial charge in [0.2, 0.25) is 0 Å². The molecule has 0 aromatic carbocycles. The number of phosphoric ester groups is 2. The monoisotopic (exact) mass is 1440 g/mol. The molecule has 0 bridgehead atoms. The van der Waals surface area contributed by atoms with Crippen molar-refractivity contribution in [3.63, 3.8) is 0 Å². The van der Waals surface area contributed by atoms with E-state index < -0.39 is 97.5 Å². The lowest BCUT2D eigenvalue weighted by Gasteiger charge is -2.21. The molecular formula is C79H154O17P2. The van der Waals surface area contributed by atoms with Crippen LogP contribution in [0.3, 0.4) is 0 Å². The van der Waals surface area contributed by atoms with Crippen LogP contribution in [0.15, 0.2) is 0 Å². The zero-order valence-electron chi connectivity index (χ0n) is 64.4. The zero-order chi connectivity index (χ0) is 72.4. The molecule has 3 N–H and O–H groups in total. The molecule has 0 heterocycles. The van der Waals surface area contributed by atoms with Gasteiger partial charge in [0.05, 0.1) is 26.4 Å². The minimum atomic E-state index is -4.96. The summed E-state index contributed by atoms with van der Waals surface area (Å²) >= 11 is 0. The molecule has 17 nitrogen and oxygen atoms in total. The van der Waals surface area contributed by atoms with Gasteiger partial charge in [-0.3, -0.25) is 37.3 Å². The Morgan fingerprint density at radius 3 is 0.724 bits per heavy atom. The van der Waals surface area contributed by atoms with Crippen LogP contribution in [-0.4, -0.2) is 96.7 Å². The number of unbranched alkanes of at least 4 members (excludes halogenated alkanes) is 39. The third-order valence-electron chi connectivity index (χ3n) is 19.4. The van der Waals surface area contributed by atoms with Gasteiger partial charge in [-0.25, -0.2) is 9.13 Å². The van der Waals surface area contributed by atoms with Crippen LogP contribution in [0, 0.1) is 23.7 Å². The van der Waals surface area contributed by atoms with E-state index >= 15 is 0 Å². The Balaban J connectivity index is 5.19. The molecule has 0 radical (unpaired) electrons. The van der Waals surface area contributed by atoms with Crippen LogP contribution in [0.25, 0.3) is 0 Å². The average Bonchev–Trinajstić information content (AvgIpc) is 0.931. The normalized spacial score (nSPS) is 14.9. The number of hydrogen-bond donors (Lipinski definition) is 3. The molecule has 0 saturated heterocycles.